The summed E-state index contributed by atoms with van der Waals surface area (Å²) in [5.41, 5.74) is 2.15. The predicted molar refractivity (Wildman–Crippen MR) is 139 cm³/mol. The van der Waals surface area contributed by atoms with Gasteiger partial charge in [0.2, 0.25) is 10.0 Å². The average Bonchev–Trinajstić information content (AvgIpc) is 3.44. The number of sulfonamides is 1. The van der Waals surface area contributed by atoms with Crippen molar-refractivity contribution in [1.29, 1.82) is 0 Å². The molecule has 1 aromatic heterocycles. The third-order valence-corrected chi connectivity index (χ3v) is 7.07. The minimum Gasteiger partial charge on any atom is -0.457 e. The van der Waals surface area contributed by atoms with E-state index in [2.05, 4.69) is 0 Å². The second-order valence-electron chi connectivity index (χ2n) is 7.59. The van der Waals surface area contributed by atoms with Crippen LogP contribution < -0.4 is 10.0 Å². The number of para-hydroxylation sites is 2. The minimum atomic E-state index is -3.77. The van der Waals surface area contributed by atoms with E-state index >= 15 is 0 Å². The van der Waals surface area contributed by atoms with E-state index < -0.39 is 10.0 Å². The average molecular weight is 502 g/mol. The number of benzene rings is 3. The zero-order chi connectivity index (χ0) is 24.4. The highest BCUT2D eigenvalue weighted by Gasteiger charge is 2.35. The number of primary sulfonamides is 1. The molecule has 3 aromatic carbocycles. The number of amidine groups is 1. The minimum absolute atomic E-state index is 0.0225. The van der Waals surface area contributed by atoms with Crippen LogP contribution in [-0.4, -0.2) is 19.5 Å². The van der Waals surface area contributed by atoms with Gasteiger partial charge in [0.1, 0.15) is 11.5 Å². The SMILES string of the molecule is NS(=O)(=O)c1ccc(-c2ccc(/C=C3/SC(=Nc4ccccc4)N(c4ccccc4)C3=O)o2)cc1. The first kappa shape index (κ1) is 22.9. The number of carbonyl (C=O) groups is 1. The van der Waals surface area contributed by atoms with Crippen LogP contribution in [0.5, 0.6) is 0 Å². The molecule has 4 aromatic rings. The fourth-order valence-electron chi connectivity index (χ4n) is 3.49. The lowest BCUT2D eigenvalue weighted by molar-refractivity contribution is -0.113. The zero-order valence-electron chi connectivity index (χ0n) is 18.2. The smallest absolute Gasteiger partial charge is 0.271 e. The first-order chi connectivity index (χ1) is 16.9. The van der Waals surface area contributed by atoms with Gasteiger partial charge in [0, 0.05) is 11.6 Å². The van der Waals surface area contributed by atoms with Crippen molar-refractivity contribution in [2.24, 2.45) is 10.1 Å². The van der Waals surface area contributed by atoms with Crippen molar-refractivity contribution in [2.45, 2.75) is 4.90 Å². The zero-order valence-corrected chi connectivity index (χ0v) is 19.9. The van der Waals surface area contributed by atoms with Crippen LogP contribution in [0.2, 0.25) is 0 Å². The molecule has 0 radical (unpaired) electrons. The van der Waals surface area contributed by atoms with Gasteiger partial charge in [-0.2, -0.15) is 0 Å². The fourth-order valence-corrected chi connectivity index (χ4v) is 4.99. The normalized spacial score (nSPS) is 16.4. The van der Waals surface area contributed by atoms with Crippen molar-refractivity contribution in [1.82, 2.24) is 0 Å². The quantitative estimate of drug-likeness (QED) is 0.369. The molecule has 1 amide bonds. The molecule has 1 saturated heterocycles. The standard InChI is InChI=1S/C26H19N3O4S2/c27-35(31,32)22-14-11-18(12-15-22)23-16-13-21(33-23)17-24-25(30)29(20-9-5-2-6-10-20)26(34-24)28-19-7-3-1-4-8-19/h1-17H,(H2,27,31,32)/b24-17+,28-26?. The van der Waals surface area contributed by atoms with Crippen LogP contribution in [0.15, 0.2) is 116 Å². The number of hydrogen-bond donors (Lipinski definition) is 1. The number of aliphatic imine (C=N–C) groups is 1. The number of amides is 1. The van der Waals surface area contributed by atoms with Crippen LogP contribution >= 0.6 is 11.8 Å². The molecule has 0 unspecified atom stereocenters. The second kappa shape index (κ2) is 9.38. The Morgan fingerprint density at radius 1 is 0.857 bits per heavy atom. The second-order valence-corrected chi connectivity index (χ2v) is 10.2. The summed E-state index contributed by atoms with van der Waals surface area (Å²) < 4.78 is 28.9. The molecule has 174 valence electrons. The summed E-state index contributed by atoms with van der Waals surface area (Å²) in [5, 5.41) is 5.71. The molecule has 0 saturated carbocycles. The van der Waals surface area contributed by atoms with E-state index in [0.717, 1.165) is 11.4 Å². The van der Waals surface area contributed by atoms with Crippen molar-refractivity contribution < 1.29 is 17.6 Å². The van der Waals surface area contributed by atoms with Crippen LogP contribution in [0.25, 0.3) is 17.4 Å². The van der Waals surface area contributed by atoms with Crippen LogP contribution in [0.1, 0.15) is 5.76 Å². The summed E-state index contributed by atoms with van der Waals surface area (Å²) in [7, 11) is -3.77. The van der Waals surface area contributed by atoms with E-state index in [9.17, 15) is 13.2 Å². The Morgan fingerprint density at radius 3 is 2.17 bits per heavy atom. The van der Waals surface area contributed by atoms with Gasteiger partial charge in [0.05, 0.1) is 21.2 Å². The van der Waals surface area contributed by atoms with Gasteiger partial charge in [-0.25, -0.2) is 18.5 Å². The monoisotopic (exact) mass is 501 g/mol. The summed E-state index contributed by atoms with van der Waals surface area (Å²) in [6, 6.07) is 28.4. The molecule has 7 nitrogen and oxygen atoms in total. The van der Waals surface area contributed by atoms with Crippen molar-refractivity contribution in [3.63, 3.8) is 0 Å². The Kier molecular flexibility index (Phi) is 6.12. The van der Waals surface area contributed by atoms with Gasteiger partial charge in [-0.1, -0.05) is 36.4 Å². The number of anilines is 1. The van der Waals surface area contributed by atoms with Crippen molar-refractivity contribution in [3.05, 3.63) is 108 Å². The van der Waals surface area contributed by atoms with Gasteiger partial charge in [-0.3, -0.25) is 9.69 Å². The molecule has 5 rings (SSSR count). The lowest BCUT2D eigenvalue weighted by Crippen LogP contribution is -2.28. The lowest BCUT2D eigenvalue weighted by Gasteiger charge is -2.15. The van der Waals surface area contributed by atoms with Crippen LogP contribution in [-0.2, 0) is 14.8 Å². The molecule has 2 heterocycles. The molecule has 9 heteroatoms. The number of rotatable bonds is 5. The molecule has 0 aliphatic carbocycles. The van der Waals surface area contributed by atoms with Gasteiger partial charge in [0.15, 0.2) is 5.17 Å². The largest absolute Gasteiger partial charge is 0.457 e. The van der Waals surface area contributed by atoms with Crippen LogP contribution in [0, 0.1) is 0 Å². The molecule has 2 N–H and O–H groups in total. The summed E-state index contributed by atoms with van der Waals surface area (Å²) >= 11 is 1.27. The third-order valence-electron chi connectivity index (χ3n) is 5.17. The molecule has 0 bridgehead atoms. The summed E-state index contributed by atoms with van der Waals surface area (Å²) in [5.74, 6) is 0.818. The fraction of sp³-hybridized carbons (Fsp3) is 0. The molecule has 1 aliphatic heterocycles. The number of furan rings is 1. The highest BCUT2D eigenvalue weighted by molar-refractivity contribution is 8.19. The summed E-state index contributed by atoms with van der Waals surface area (Å²) in [6.07, 6.45) is 1.68. The topological polar surface area (TPSA) is 106 Å². The Morgan fingerprint density at radius 2 is 1.51 bits per heavy atom. The van der Waals surface area contributed by atoms with Gasteiger partial charge in [0.25, 0.3) is 5.91 Å². The van der Waals surface area contributed by atoms with E-state index in [1.165, 1.54) is 23.9 Å². The van der Waals surface area contributed by atoms with E-state index in [-0.39, 0.29) is 10.8 Å². The molecule has 0 atom stereocenters. The van der Waals surface area contributed by atoms with E-state index in [1.807, 2.05) is 60.7 Å². The van der Waals surface area contributed by atoms with Gasteiger partial charge in [-0.15, -0.1) is 0 Å². The van der Waals surface area contributed by atoms with Crippen LogP contribution in [0.4, 0.5) is 11.4 Å². The molecule has 35 heavy (non-hydrogen) atoms. The van der Waals surface area contributed by atoms with Gasteiger partial charge >= 0.3 is 0 Å². The maximum absolute atomic E-state index is 13.4. The Bertz CT molecular complexity index is 1540. The van der Waals surface area contributed by atoms with Crippen LogP contribution in [0.3, 0.4) is 0 Å². The molecule has 1 fully saturated rings. The van der Waals surface area contributed by atoms with Gasteiger partial charge < -0.3 is 4.42 Å². The number of nitrogens with two attached hydrogens (primary N) is 1. The first-order valence-electron chi connectivity index (χ1n) is 10.5. The van der Waals surface area contributed by atoms with Crippen molar-refractivity contribution in [3.8, 4) is 11.3 Å². The van der Waals surface area contributed by atoms with E-state index in [1.54, 1.807) is 35.2 Å². The Labute approximate surface area is 206 Å². The molecule has 0 spiro atoms. The molecular weight excluding hydrogens is 482 g/mol. The highest BCUT2D eigenvalue weighted by Crippen LogP contribution is 2.37. The summed E-state index contributed by atoms with van der Waals surface area (Å²) in [6.45, 7) is 0. The lowest BCUT2D eigenvalue weighted by atomic mass is 10.2. The highest BCUT2D eigenvalue weighted by atomic mass is 32.2. The maximum atomic E-state index is 13.4. The van der Waals surface area contributed by atoms with Crippen molar-refractivity contribution >= 4 is 50.3 Å². The Hall–Kier alpha value is -3.92. The molecular formula is C26H19N3O4S2. The number of thioether (sulfide) groups is 1. The maximum Gasteiger partial charge on any atom is 0.271 e. The first-order valence-corrected chi connectivity index (χ1v) is 12.9. The van der Waals surface area contributed by atoms with E-state index in [4.69, 9.17) is 14.5 Å². The number of hydrogen-bond acceptors (Lipinski definition) is 6. The Balaban J connectivity index is 1.47. The van der Waals surface area contributed by atoms with E-state index in [0.29, 0.717) is 27.2 Å². The summed E-state index contributed by atoms with van der Waals surface area (Å²) in [4.78, 5) is 20.1. The molecule has 1 aliphatic rings. The predicted octanol–water partition coefficient (Wildman–Crippen LogP) is 5.40. The third kappa shape index (κ3) is 4.97. The number of nitrogens with zero attached hydrogens (tertiary/aromatic N) is 2. The van der Waals surface area contributed by atoms with Crippen molar-refractivity contribution in [2.75, 3.05) is 4.90 Å². The number of carbonyl (C=O) groups excluding carboxylic acids is 1. The van der Waals surface area contributed by atoms with Gasteiger partial charge in [-0.05, 0) is 72.4 Å².